The molecule has 0 unspecified atom stereocenters. The summed E-state index contributed by atoms with van der Waals surface area (Å²) in [7, 11) is 4.68. The molecule has 2 aromatic carbocycles. The Morgan fingerprint density at radius 3 is 1.59 bits per heavy atom. The molecule has 0 bridgehead atoms. The fraction of sp³-hybridized carbons (Fsp3) is 0.680. The van der Waals surface area contributed by atoms with E-state index in [9.17, 15) is 18.0 Å². The van der Waals surface area contributed by atoms with Crippen LogP contribution in [-0.4, -0.2) is 148 Å². The van der Waals surface area contributed by atoms with Gasteiger partial charge in [0.1, 0.15) is 22.9 Å². The Labute approximate surface area is 400 Å². The van der Waals surface area contributed by atoms with Gasteiger partial charge in [-0.2, -0.15) is 0 Å². The van der Waals surface area contributed by atoms with E-state index in [1.54, 1.807) is 32.9 Å². The van der Waals surface area contributed by atoms with Gasteiger partial charge in [-0.15, -0.1) is 11.8 Å². The molecule has 16 heteroatoms. The molecule has 368 valence electrons. The number of hydrogen-bond acceptors (Lipinski definition) is 11. The highest BCUT2D eigenvalue weighted by molar-refractivity contribution is 8.00. The molecule has 2 aliphatic heterocycles. The van der Waals surface area contributed by atoms with Gasteiger partial charge in [0.15, 0.2) is 9.84 Å². The summed E-state index contributed by atoms with van der Waals surface area (Å²) in [4.78, 5) is 43.8. The van der Waals surface area contributed by atoms with Crippen molar-refractivity contribution in [3.05, 3.63) is 48.0 Å². The lowest BCUT2D eigenvalue weighted by Crippen LogP contribution is -2.36. The van der Waals surface area contributed by atoms with E-state index in [4.69, 9.17) is 19.4 Å². The molecule has 4 heterocycles. The third-order valence-electron chi connectivity index (χ3n) is 11.2. The number of likely N-dealkylation sites (tertiary alicyclic amines) is 2. The molecule has 0 radical (unpaired) electrons. The first kappa shape index (κ1) is 53.1. The van der Waals surface area contributed by atoms with Gasteiger partial charge in [0.25, 0.3) is 0 Å². The molecule has 4 aromatic rings. The van der Waals surface area contributed by atoms with Gasteiger partial charge in [-0.3, -0.25) is 0 Å². The van der Waals surface area contributed by atoms with Gasteiger partial charge in [0.05, 0.1) is 32.2 Å². The number of sulfone groups is 1. The van der Waals surface area contributed by atoms with E-state index in [-0.39, 0.29) is 28.4 Å². The second-order valence-corrected chi connectivity index (χ2v) is 26.7. The Morgan fingerprint density at radius 2 is 1.12 bits per heavy atom. The number of ether oxygens (including phenoxy) is 2. The second kappa shape index (κ2) is 20.8. The highest BCUT2D eigenvalue weighted by Crippen LogP contribution is 2.34. The summed E-state index contributed by atoms with van der Waals surface area (Å²) in [5, 5.41) is -0.271. The minimum atomic E-state index is -3.61. The van der Waals surface area contributed by atoms with E-state index in [2.05, 4.69) is 92.8 Å². The lowest BCUT2D eigenvalue weighted by Gasteiger charge is -2.24. The predicted octanol–water partition coefficient (Wildman–Crippen LogP) is 9.26. The fourth-order valence-electron chi connectivity index (χ4n) is 8.06. The van der Waals surface area contributed by atoms with E-state index in [1.807, 2.05) is 57.6 Å². The molecule has 0 N–H and O–H groups in total. The van der Waals surface area contributed by atoms with Crippen molar-refractivity contribution in [2.75, 3.05) is 67.5 Å². The Balaban J connectivity index is 0.000000248. The van der Waals surface area contributed by atoms with Crippen LogP contribution in [0.1, 0.15) is 108 Å². The normalized spacial score (nSPS) is 17.6. The molecular weight excluding hydrogens is 873 g/mol. The molecule has 2 aromatic heterocycles. The van der Waals surface area contributed by atoms with Crippen molar-refractivity contribution in [3.8, 4) is 0 Å². The zero-order valence-corrected chi connectivity index (χ0v) is 44.6. The predicted molar refractivity (Wildman–Crippen MR) is 268 cm³/mol. The molecule has 2 amide bonds. The number of nitrogens with zero attached hydrogens (tertiary/aromatic N) is 8. The number of carbonyl (C=O) groups is 2. The molecule has 2 atom stereocenters. The Morgan fingerprint density at radius 1 is 0.667 bits per heavy atom. The quantitative estimate of drug-likeness (QED) is 0.135. The molecule has 0 aliphatic carbocycles. The molecule has 2 fully saturated rings. The van der Waals surface area contributed by atoms with Crippen molar-refractivity contribution >= 4 is 55.9 Å². The summed E-state index contributed by atoms with van der Waals surface area (Å²) in [6.45, 7) is 30.0. The van der Waals surface area contributed by atoms with Gasteiger partial charge >= 0.3 is 12.2 Å². The standard InChI is InChI=1S/C25H40N4O4S.C25H40N4O2S/c1-24(2,3)16-22-26-20-15-18(9-10-21(20)29(22)14-13-27(7)8)34(31,32)19-11-12-28(17-19)23(30)33-25(4,5)6;1-24(2,3)16-22-26-20-15-18(9-10-21(20)29(22)14-13-27(7)8)32-19-11-12-28(17-19)23(30)31-25(4,5)6/h9-10,15,19H,11-14,16-17H2,1-8H3;9-10,15,19H,11-14,16-17H2,1-8H3/t2*19-/m11/s1. The second-order valence-electron chi connectivity index (χ2n) is 23.1. The van der Waals surface area contributed by atoms with Crippen LogP contribution in [0.5, 0.6) is 0 Å². The van der Waals surface area contributed by atoms with Crippen LogP contribution in [0.15, 0.2) is 46.2 Å². The molecule has 14 nitrogen and oxygen atoms in total. The van der Waals surface area contributed by atoms with Gasteiger partial charge in [-0.1, -0.05) is 41.5 Å². The summed E-state index contributed by atoms with van der Waals surface area (Å²) < 4.78 is 42.4. The number of benzene rings is 2. The highest BCUT2D eigenvalue weighted by atomic mass is 32.2. The minimum Gasteiger partial charge on any atom is -0.444 e. The largest absolute Gasteiger partial charge is 0.444 e. The van der Waals surface area contributed by atoms with Gasteiger partial charge in [0.2, 0.25) is 0 Å². The van der Waals surface area contributed by atoms with Crippen molar-refractivity contribution in [1.29, 1.82) is 0 Å². The summed E-state index contributed by atoms with van der Waals surface area (Å²) in [5.41, 5.74) is 3.08. The number of rotatable bonds is 12. The average molecular weight is 953 g/mol. The van der Waals surface area contributed by atoms with E-state index in [0.717, 1.165) is 81.2 Å². The molecule has 2 aliphatic rings. The van der Waals surface area contributed by atoms with Crippen LogP contribution in [0.4, 0.5) is 9.59 Å². The summed E-state index contributed by atoms with van der Waals surface area (Å²) in [6.07, 6.45) is 2.45. The van der Waals surface area contributed by atoms with E-state index >= 15 is 0 Å². The third-order valence-corrected chi connectivity index (χ3v) is 14.6. The monoisotopic (exact) mass is 953 g/mol. The summed E-state index contributed by atoms with van der Waals surface area (Å²) in [6, 6.07) is 11.9. The molecule has 66 heavy (non-hydrogen) atoms. The Hall–Kier alpha value is -3.86. The van der Waals surface area contributed by atoms with Gasteiger partial charge < -0.3 is 38.2 Å². The van der Waals surface area contributed by atoms with Crippen molar-refractivity contribution in [2.24, 2.45) is 10.8 Å². The number of imidazole rings is 2. The van der Waals surface area contributed by atoms with Crippen LogP contribution < -0.4 is 0 Å². The number of hydrogen-bond donors (Lipinski definition) is 0. The number of fused-ring (bicyclic) bond motifs is 2. The summed E-state index contributed by atoms with van der Waals surface area (Å²) >= 11 is 1.84. The van der Waals surface area contributed by atoms with Crippen molar-refractivity contribution in [2.45, 2.75) is 153 Å². The maximum Gasteiger partial charge on any atom is 0.410 e. The number of amides is 2. The smallest absolute Gasteiger partial charge is 0.410 e. The first-order chi connectivity index (χ1) is 30.4. The molecule has 0 spiro atoms. The Kier molecular flexibility index (Phi) is 16.7. The van der Waals surface area contributed by atoms with Crippen molar-refractivity contribution in [3.63, 3.8) is 0 Å². The van der Waals surface area contributed by atoms with Gasteiger partial charge in [-0.25, -0.2) is 28.0 Å². The average Bonchev–Trinajstić information content (AvgIpc) is 3.96. The van der Waals surface area contributed by atoms with Crippen LogP contribution in [-0.2, 0) is 45.2 Å². The first-order valence-electron chi connectivity index (χ1n) is 23.5. The summed E-state index contributed by atoms with van der Waals surface area (Å²) in [5.74, 6) is 2.13. The fourth-order valence-corrected chi connectivity index (χ4v) is 11.0. The van der Waals surface area contributed by atoms with Crippen molar-refractivity contribution in [1.82, 2.24) is 38.7 Å². The minimum absolute atomic E-state index is 0.0567. The molecule has 0 saturated carbocycles. The zero-order chi connectivity index (χ0) is 49.2. The SMILES string of the molecule is CN(C)CCn1c(CC(C)(C)C)nc2cc(S(=O)(=O)[C@@H]3CCN(C(=O)OC(C)(C)C)C3)ccc21.CN(C)CCn1c(CC(C)(C)C)nc2cc(S[C@@H]3CCN(C(=O)OC(C)(C)C)C3)ccc21. The van der Waals surface area contributed by atoms with Crippen LogP contribution in [0.2, 0.25) is 0 Å². The van der Waals surface area contributed by atoms with E-state index < -0.39 is 32.4 Å². The van der Waals surface area contributed by atoms with Gasteiger partial charge in [-0.05, 0) is 130 Å². The zero-order valence-electron chi connectivity index (χ0n) is 42.9. The molecule has 6 rings (SSSR count). The number of thioether (sulfide) groups is 1. The highest BCUT2D eigenvalue weighted by Gasteiger charge is 2.38. The van der Waals surface area contributed by atoms with Crippen LogP contribution in [0.3, 0.4) is 0 Å². The Bertz CT molecular complexity index is 2410. The number of likely N-dealkylation sites (N-methyl/N-ethyl adjacent to an activating group) is 2. The first-order valence-corrected chi connectivity index (χ1v) is 25.9. The third kappa shape index (κ3) is 15.1. The van der Waals surface area contributed by atoms with Crippen LogP contribution in [0.25, 0.3) is 22.1 Å². The topological polar surface area (TPSA) is 135 Å². The maximum atomic E-state index is 13.4. The lowest BCUT2D eigenvalue weighted by atomic mass is 9.92. The number of carbonyl (C=O) groups excluding carboxylic acids is 2. The van der Waals surface area contributed by atoms with Crippen LogP contribution in [0, 0.1) is 10.8 Å². The van der Waals surface area contributed by atoms with E-state index in [1.165, 1.54) is 15.3 Å². The van der Waals surface area contributed by atoms with Crippen molar-refractivity contribution < 1.29 is 27.5 Å². The van der Waals surface area contributed by atoms with E-state index in [0.29, 0.717) is 23.7 Å². The number of aromatic nitrogens is 4. The van der Waals surface area contributed by atoms with Gasteiger partial charge in [0, 0.05) is 75.3 Å². The molecular formula is C50H80N8O6S2. The maximum absolute atomic E-state index is 13.4. The molecule has 2 saturated heterocycles. The van der Waals surface area contributed by atoms with Crippen LogP contribution >= 0.6 is 11.8 Å². The lowest BCUT2D eigenvalue weighted by molar-refractivity contribution is 0.0285.